The molecule has 0 radical (unpaired) electrons. The summed E-state index contributed by atoms with van der Waals surface area (Å²) in [6.07, 6.45) is 1.85. The van der Waals surface area contributed by atoms with Gasteiger partial charge in [0.25, 0.3) is 0 Å². The summed E-state index contributed by atoms with van der Waals surface area (Å²) in [7, 11) is 0. The summed E-state index contributed by atoms with van der Waals surface area (Å²) in [4.78, 5) is 7.22. The molecule has 2 heterocycles. The Morgan fingerprint density at radius 3 is 2.02 bits per heavy atom. The van der Waals surface area contributed by atoms with Crippen molar-refractivity contribution in [2.75, 3.05) is 4.90 Å². The molecule has 0 atom stereocenters. The Morgan fingerprint density at radius 2 is 1.14 bits per heavy atom. The molecule has 8 aromatic carbocycles. The standard InChI is InChI=1S/C47H30N2O/c1-2-12-34-28-36(22-21-31(34)10-1)35-15-7-16-39(29-35)49(38-25-23-33(24-26-38)41-19-8-14-32-11-3-5-17-40(32)41)43-30-37-13-4-6-18-42(37)47-45(43)46-44(50-47)20-9-27-48-46/h1-30H. The highest BCUT2D eigenvalue weighted by Gasteiger charge is 2.23. The lowest BCUT2D eigenvalue weighted by atomic mass is 9.97. The molecule has 0 saturated heterocycles. The first-order valence-corrected chi connectivity index (χ1v) is 17.0. The van der Waals surface area contributed by atoms with Crippen LogP contribution in [0.1, 0.15) is 0 Å². The SMILES string of the molecule is c1cc(-c2ccc3ccccc3c2)cc(N(c2ccc(-c3cccc4ccccc34)cc2)c2cc3ccccc3c3oc4cccnc4c23)c1. The Hall–Kier alpha value is -6.71. The van der Waals surface area contributed by atoms with Gasteiger partial charge in [-0.1, -0.05) is 127 Å². The predicted molar refractivity (Wildman–Crippen MR) is 210 cm³/mol. The van der Waals surface area contributed by atoms with Crippen LogP contribution in [0.2, 0.25) is 0 Å². The van der Waals surface area contributed by atoms with Crippen molar-refractivity contribution in [1.82, 2.24) is 4.98 Å². The van der Waals surface area contributed by atoms with Crippen LogP contribution in [0.3, 0.4) is 0 Å². The van der Waals surface area contributed by atoms with Gasteiger partial charge >= 0.3 is 0 Å². The maximum Gasteiger partial charge on any atom is 0.153 e. The zero-order chi connectivity index (χ0) is 33.0. The third-order valence-corrected chi connectivity index (χ3v) is 9.85. The van der Waals surface area contributed by atoms with Crippen molar-refractivity contribution >= 4 is 71.4 Å². The smallest absolute Gasteiger partial charge is 0.153 e. The highest BCUT2D eigenvalue weighted by atomic mass is 16.3. The van der Waals surface area contributed by atoms with Crippen LogP contribution in [0.25, 0.3) is 76.6 Å². The summed E-state index contributed by atoms with van der Waals surface area (Å²) >= 11 is 0. The largest absolute Gasteiger partial charge is 0.454 e. The molecule has 50 heavy (non-hydrogen) atoms. The molecule has 0 saturated carbocycles. The maximum absolute atomic E-state index is 6.59. The Bertz CT molecular complexity index is 2880. The third kappa shape index (κ3) is 4.63. The van der Waals surface area contributed by atoms with Crippen molar-refractivity contribution in [2.24, 2.45) is 0 Å². The molecule has 0 spiro atoms. The van der Waals surface area contributed by atoms with E-state index in [1.807, 2.05) is 18.3 Å². The van der Waals surface area contributed by atoms with Crippen LogP contribution in [0.15, 0.2) is 187 Å². The quantitative estimate of drug-likeness (QED) is 0.188. The lowest BCUT2D eigenvalue weighted by Crippen LogP contribution is -2.10. The molecule has 3 heteroatoms. The van der Waals surface area contributed by atoms with Crippen molar-refractivity contribution in [3.63, 3.8) is 0 Å². The van der Waals surface area contributed by atoms with E-state index in [1.165, 1.54) is 38.2 Å². The van der Waals surface area contributed by atoms with Crippen molar-refractivity contribution in [3.05, 3.63) is 182 Å². The number of pyridine rings is 1. The molecule has 234 valence electrons. The number of fused-ring (bicyclic) bond motifs is 7. The Kier molecular flexibility index (Phi) is 6.49. The summed E-state index contributed by atoms with van der Waals surface area (Å²) in [6.45, 7) is 0. The van der Waals surface area contributed by atoms with E-state index in [9.17, 15) is 0 Å². The number of nitrogens with zero attached hydrogens (tertiary/aromatic N) is 2. The monoisotopic (exact) mass is 638 g/mol. The second kappa shape index (κ2) is 11.5. The molecule has 0 N–H and O–H groups in total. The van der Waals surface area contributed by atoms with Gasteiger partial charge in [-0.3, -0.25) is 4.98 Å². The van der Waals surface area contributed by atoms with E-state index in [0.717, 1.165) is 55.5 Å². The molecule has 0 aliphatic heterocycles. The van der Waals surface area contributed by atoms with E-state index < -0.39 is 0 Å². The highest BCUT2D eigenvalue weighted by Crippen LogP contribution is 2.46. The minimum absolute atomic E-state index is 0.774. The molecular weight excluding hydrogens is 609 g/mol. The van der Waals surface area contributed by atoms with Gasteiger partial charge in [0.1, 0.15) is 11.1 Å². The third-order valence-electron chi connectivity index (χ3n) is 9.85. The minimum Gasteiger partial charge on any atom is -0.454 e. The van der Waals surface area contributed by atoms with Crippen LogP contribution in [0.4, 0.5) is 17.1 Å². The normalized spacial score (nSPS) is 11.6. The first-order valence-electron chi connectivity index (χ1n) is 17.0. The van der Waals surface area contributed by atoms with Crippen molar-refractivity contribution < 1.29 is 4.42 Å². The number of furan rings is 1. The molecule has 10 aromatic rings. The Morgan fingerprint density at radius 1 is 0.440 bits per heavy atom. The van der Waals surface area contributed by atoms with E-state index >= 15 is 0 Å². The summed E-state index contributed by atoms with van der Waals surface area (Å²) in [6, 6.07) is 62.8. The van der Waals surface area contributed by atoms with Crippen LogP contribution in [0, 0.1) is 0 Å². The molecule has 0 aliphatic rings. The Balaban J connectivity index is 1.21. The fourth-order valence-electron chi connectivity index (χ4n) is 7.47. The van der Waals surface area contributed by atoms with E-state index in [-0.39, 0.29) is 0 Å². The average Bonchev–Trinajstić information content (AvgIpc) is 3.58. The lowest BCUT2D eigenvalue weighted by Gasteiger charge is -2.27. The fourth-order valence-corrected chi connectivity index (χ4v) is 7.47. The van der Waals surface area contributed by atoms with Crippen molar-refractivity contribution in [1.29, 1.82) is 0 Å². The first kappa shape index (κ1) is 28.3. The fraction of sp³-hybridized carbons (Fsp3) is 0. The van der Waals surface area contributed by atoms with E-state index in [0.29, 0.717) is 0 Å². The Labute approximate surface area is 289 Å². The van der Waals surface area contributed by atoms with Crippen molar-refractivity contribution in [3.8, 4) is 22.3 Å². The molecule has 3 nitrogen and oxygen atoms in total. The summed E-state index contributed by atoms with van der Waals surface area (Å²) in [5, 5.41) is 8.11. The van der Waals surface area contributed by atoms with Gasteiger partial charge in [0.05, 0.1) is 11.1 Å². The molecule has 2 aromatic heterocycles. The number of anilines is 3. The summed E-state index contributed by atoms with van der Waals surface area (Å²) < 4.78 is 6.59. The van der Waals surface area contributed by atoms with Gasteiger partial charge < -0.3 is 9.32 Å². The van der Waals surface area contributed by atoms with Crippen molar-refractivity contribution in [2.45, 2.75) is 0 Å². The van der Waals surface area contributed by atoms with E-state index in [1.54, 1.807) is 0 Å². The van der Waals surface area contributed by atoms with Crippen LogP contribution in [-0.2, 0) is 0 Å². The maximum atomic E-state index is 6.59. The van der Waals surface area contributed by atoms with Crippen LogP contribution >= 0.6 is 0 Å². The van der Waals surface area contributed by atoms with Gasteiger partial charge in [0, 0.05) is 23.0 Å². The average molecular weight is 639 g/mol. The van der Waals surface area contributed by atoms with Gasteiger partial charge in [-0.25, -0.2) is 0 Å². The van der Waals surface area contributed by atoms with Crippen LogP contribution < -0.4 is 4.90 Å². The zero-order valence-electron chi connectivity index (χ0n) is 27.1. The predicted octanol–water partition coefficient (Wildman–Crippen LogP) is 13.2. The molecule has 10 rings (SSSR count). The van der Waals surface area contributed by atoms with Gasteiger partial charge in [0.15, 0.2) is 5.58 Å². The number of hydrogen-bond donors (Lipinski definition) is 0. The van der Waals surface area contributed by atoms with Gasteiger partial charge in [-0.2, -0.15) is 0 Å². The highest BCUT2D eigenvalue weighted by molar-refractivity contribution is 6.20. The summed E-state index contributed by atoms with van der Waals surface area (Å²) in [5.74, 6) is 0. The summed E-state index contributed by atoms with van der Waals surface area (Å²) in [5.41, 5.74) is 10.3. The molecule has 0 unspecified atom stereocenters. The topological polar surface area (TPSA) is 29.3 Å². The second-order valence-corrected chi connectivity index (χ2v) is 12.8. The van der Waals surface area contributed by atoms with E-state index in [2.05, 4.69) is 169 Å². The molecule has 0 amide bonds. The molecular formula is C47H30N2O. The van der Waals surface area contributed by atoms with E-state index in [4.69, 9.17) is 9.40 Å². The van der Waals surface area contributed by atoms with Crippen LogP contribution in [0.5, 0.6) is 0 Å². The lowest BCUT2D eigenvalue weighted by molar-refractivity contribution is 0.672. The minimum atomic E-state index is 0.774. The first-order chi connectivity index (χ1) is 24.8. The zero-order valence-corrected chi connectivity index (χ0v) is 27.1. The number of hydrogen-bond acceptors (Lipinski definition) is 3. The second-order valence-electron chi connectivity index (χ2n) is 12.8. The molecule has 0 fully saturated rings. The molecule has 0 aliphatic carbocycles. The number of benzene rings is 8. The van der Waals surface area contributed by atoms with Gasteiger partial charge in [-0.05, 0) is 97.7 Å². The number of aromatic nitrogens is 1. The van der Waals surface area contributed by atoms with Gasteiger partial charge in [-0.15, -0.1) is 0 Å². The number of rotatable bonds is 5. The molecule has 0 bridgehead atoms. The van der Waals surface area contributed by atoms with Crippen LogP contribution in [-0.4, -0.2) is 4.98 Å². The van der Waals surface area contributed by atoms with Gasteiger partial charge in [0.2, 0.25) is 0 Å².